The van der Waals surface area contributed by atoms with Gasteiger partial charge in [-0.2, -0.15) is 28.7 Å². The Morgan fingerprint density at radius 2 is 1.74 bits per heavy atom. The molecule has 114 valence electrons. The number of alkyl halides is 3. The van der Waals surface area contributed by atoms with Gasteiger partial charge in [-0.05, 0) is 29.8 Å². The monoisotopic (exact) mass is 316 g/mol. The molecular weight excluding hydrogens is 309 g/mol. The third-order valence-corrected chi connectivity index (χ3v) is 2.57. The molecule has 1 aromatic carbocycles. The summed E-state index contributed by atoms with van der Waals surface area (Å²) < 4.78 is 42.8. The summed E-state index contributed by atoms with van der Waals surface area (Å²) in [5.41, 5.74) is -0.602. The molecule has 1 heterocycles. The molecule has 0 fully saturated rings. The quantitative estimate of drug-likeness (QED) is 0.806. The Bertz CT molecular complexity index is 798. The number of halogens is 3. The Labute approximate surface area is 128 Å². The van der Waals surface area contributed by atoms with Crippen molar-refractivity contribution in [1.29, 1.82) is 10.5 Å². The van der Waals surface area contributed by atoms with Crippen molar-refractivity contribution in [3.8, 4) is 23.9 Å². The first-order valence-electron chi connectivity index (χ1n) is 6.12. The Morgan fingerprint density at radius 3 is 2.30 bits per heavy atom. The van der Waals surface area contributed by atoms with E-state index in [9.17, 15) is 13.2 Å². The average molecular weight is 316 g/mol. The van der Waals surface area contributed by atoms with Gasteiger partial charge < -0.3 is 4.74 Å². The second-order valence-corrected chi connectivity index (χ2v) is 4.17. The van der Waals surface area contributed by atoms with Gasteiger partial charge in [0.15, 0.2) is 5.69 Å². The van der Waals surface area contributed by atoms with Gasteiger partial charge in [0.2, 0.25) is 0 Å². The van der Waals surface area contributed by atoms with Gasteiger partial charge in [-0.25, -0.2) is 4.98 Å². The molecule has 0 amide bonds. The summed E-state index contributed by atoms with van der Waals surface area (Å²) in [6.07, 6.45) is -2.26. The molecule has 0 unspecified atom stereocenters. The molecule has 0 spiro atoms. The zero-order chi connectivity index (χ0) is 16.9. The molecule has 0 N–H and O–H groups in total. The van der Waals surface area contributed by atoms with Gasteiger partial charge in [0, 0.05) is 6.20 Å². The number of rotatable bonds is 3. The molecule has 2 rings (SSSR count). The third kappa shape index (κ3) is 4.29. The predicted octanol–water partition coefficient (Wildman–Crippen LogP) is 3.72. The number of ether oxygens (including phenoxy) is 1. The third-order valence-electron chi connectivity index (χ3n) is 2.57. The normalized spacial score (nSPS) is 10.3. The highest BCUT2D eigenvalue weighted by molar-refractivity contribution is 5.62. The molecule has 8 heteroatoms. The van der Waals surface area contributed by atoms with Crippen LogP contribution in [0, 0.1) is 22.7 Å². The van der Waals surface area contributed by atoms with E-state index < -0.39 is 17.9 Å². The Morgan fingerprint density at radius 1 is 1.09 bits per heavy atom. The molecular formula is C15H7F3N4O. The number of allylic oxidation sites excluding steroid dienone is 1. The minimum absolute atomic E-state index is 0.0696. The first-order chi connectivity index (χ1) is 10.9. The second-order valence-electron chi connectivity index (χ2n) is 4.17. The molecule has 0 saturated carbocycles. The zero-order valence-electron chi connectivity index (χ0n) is 11.4. The molecule has 0 radical (unpaired) electrons. The molecule has 0 bridgehead atoms. The number of nitriles is 2. The number of benzene rings is 1. The van der Waals surface area contributed by atoms with E-state index in [1.54, 1.807) is 12.1 Å². The smallest absolute Gasteiger partial charge is 0.424 e. The van der Waals surface area contributed by atoms with E-state index in [1.165, 1.54) is 30.3 Å². The maximum atomic E-state index is 12.5. The van der Waals surface area contributed by atoms with Crippen molar-refractivity contribution in [3.05, 3.63) is 53.4 Å². The zero-order valence-corrected chi connectivity index (χ0v) is 11.4. The van der Waals surface area contributed by atoms with Crippen molar-refractivity contribution in [2.75, 3.05) is 0 Å². The molecule has 0 aliphatic carbocycles. The lowest BCUT2D eigenvalue weighted by Gasteiger charge is -2.07. The van der Waals surface area contributed by atoms with Gasteiger partial charge in [-0.15, -0.1) is 0 Å². The molecule has 0 saturated heterocycles. The summed E-state index contributed by atoms with van der Waals surface area (Å²) in [5, 5.41) is 17.3. The highest BCUT2D eigenvalue weighted by Gasteiger charge is 2.33. The van der Waals surface area contributed by atoms with E-state index >= 15 is 0 Å². The van der Waals surface area contributed by atoms with Crippen molar-refractivity contribution in [1.82, 2.24) is 9.97 Å². The van der Waals surface area contributed by atoms with Crippen LogP contribution < -0.4 is 4.74 Å². The van der Waals surface area contributed by atoms with E-state index in [0.717, 1.165) is 12.3 Å². The molecule has 5 nitrogen and oxygen atoms in total. The average Bonchev–Trinajstić information content (AvgIpc) is 2.53. The van der Waals surface area contributed by atoms with E-state index in [2.05, 4.69) is 9.97 Å². The first kappa shape index (κ1) is 16.0. The molecule has 0 aliphatic heterocycles. The van der Waals surface area contributed by atoms with Crippen LogP contribution in [0.3, 0.4) is 0 Å². The van der Waals surface area contributed by atoms with E-state index in [4.69, 9.17) is 15.3 Å². The fraction of sp³-hybridized carbons (Fsp3) is 0.0667. The minimum atomic E-state index is -4.58. The van der Waals surface area contributed by atoms with E-state index in [1.807, 2.05) is 0 Å². The largest absolute Gasteiger partial charge is 0.433 e. The Hall–Kier alpha value is -3.39. The van der Waals surface area contributed by atoms with Gasteiger partial charge in [0.25, 0.3) is 0 Å². The van der Waals surface area contributed by atoms with Crippen LogP contribution in [0.15, 0.2) is 42.1 Å². The number of aromatic nitrogens is 2. The highest BCUT2D eigenvalue weighted by Crippen LogP contribution is 2.28. The van der Waals surface area contributed by atoms with E-state index in [-0.39, 0.29) is 11.3 Å². The van der Waals surface area contributed by atoms with Crippen LogP contribution >= 0.6 is 0 Å². The summed E-state index contributed by atoms with van der Waals surface area (Å²) in [7, 11) is 0. The van der Waals surface area contributed by atoms with Crippen molar-refractivity contribution in [2.45, 2.75) is 6.18 Å². The fourth-order valence-corrected chi connectivity index (χ4v) is 1.54. The predicted molar refractivity (Wildman–Crippen MR) is 72.8 cm³/mol. The second kappa shape index (κ2) is 6.58. The van der Waals surface area contributed by atoms with Gasteiger partial charge in [0.1, 0.15) is 23.5 Å². The summed E-state index contributed by atoms with van der Waals surface area (Å²) in [6, 6.07) is 9.74. The van der Waals surface area contributed by atoms with Gasteiger partial charge in [-0.1, -0.05) is 12.1 Å². The van der Waals surface area contributed by atoms with Crippen LogP contribution in [0.5, 0.6) is 11.8 Å². The van der Waals surface area contributed by atoms with Gasteiger partial charge >= 0.3 is 12.2 Å². The van der Waals surface area contributed by atoms with Crippen LogP contribution in [0.2, 0.25) is 0 Å². The lowest BCUT2D eigenvalue weighted by atomic mass is 10.1. The summed E-state index contributed by atoms with van der Waals surface area (Å²) in [6.45, 7) is 0. The van der Waals surface area contributed by atoms with Crippen LogP contribution in [0.1, 0.15) is 11.3 Å². The summed E-state index contributed by atoms with van der Waals surface area (Å²) >= 11 is 0. The Balaban J connectivity index is 2.18. The highest BCUT2D eigenvalue weighted by atomic mass is 19.4. The number of nitrogens with zero attached hydrogens (tertiary/aromatic N) is 4. The minimum Gasteiger partial charge on any atom is -0.424 e. The number of hydrogen-bond donors (Lipinski definition) is 0. The summed E-state index contributed by atoms with van der Waals surface area (Å²) in [5.74, 6) is 0.219. The van der Waals surface area contributed by atoms with E-state index in [0.29, 0.717) is 5.56 Å². The summed E-state index contributed by atoms with van der Waals surface area (Å²) in [4.78, 5) is 6.89. The maximum Gasteiger partial charge on any atom is 0.433 e. The number of hydrogen-bond acceptors (Lipinski definition) is 5. The molecule has 2 aromatic rings. The molecule has 0 aliphatic rings. The van der Waals surface area contributed by atoms with Crippen molar-refractivity contribution < 1.29 is 17.9 Å². The van der Waals surface area contributed by atoms with Crippen molar-refractivity contribution >= 4 is 6.08 Å². The first-order valence-corrected chi connectivity index (χ1v) is 6.12. The molecule has 0 atom stereocenters. The van der Waals surface area contributed by atoms with Crippen LogP contribution in [-0.4, -0.2) is 9.97 Å². The SMILES string of the molecule is N#CC(C#N)=Cc1ccc(Oc2nccc(C(F)(F)F)n2)cc1. The molecule has 1 aromatic heterocycles. The fourth-order valence-electron chi connectivity index (χ4n) is 1.54. The van der Waals surface area contributed by atoms with Crippen molar-refractivity contribution in [2.24, 2.45) is 0 Å². The van der Waals surface area contributed by atoms with Gasteiger partial charge in [-0.3, -0.25) is 0 Å². The van der Waals surface area contributed by atoms with Gasteiger partial charge in [0.05, 0.1) is 0 Å². The van der Waals surface area contributed by atoms with Crippen LogP contribution in [0.25, 0.3) is 6.08 Å². The maximum absolute atomic E-state index is 12.5. The van der Waals surface area contributed by atoms with Crippen molar-refractivity contribution in [3.63, 3.8) is 0 Å². The standard InChI is InChI=1S/C15H7F3N4O/c16-15(17,18)13-5-6-21-14(22-13)23-12-3-1-10(2-4-12)7-11(8-19)9-20/h1-7H. The Kier molecular flexibility index (Phi) is 4.58. The lowest BCUT2D eigenvalue weighted by Crippen LogP contribution is -2.08. The molecule has 23 heavy (non-hydrogen) atoms. The topological polar surface area (TPSA) is 82.6 Å². The van der Waals surface area contributed by atoms with Crippen LogP contribution in [0.4, 0.5) is 13.2 Å². The lowest BCUT2D eigenvalue weighted by molar-refractivity contribution is -0.141. The van der Waals surface area contributed by atoms with Crippen LogP contribution in [-0.2, 0) is 6.18 Å².